The van der Waals surface area contributed by atoms with Gasteiger partial charge in [-0.3, -0.25) is 9.59 Å². The lowest BCUT2D eigenvalue weighted by molar-refractivity contribution is -0.163. The summed E-state index contributed by atoms with van der Waals surface area (Å²) in [5, 5.41) is 0. The van der Waals surface area contributed by atoms with Gasteiger partial charge in [0.1, 0.15) is 0 Å². The Bertz CT molecular complexity index is 414. The predicted molar refractivity (Wildman–Crippen MR) is 103 cm³/mol. The second-order valence-electron chi connectivity index (χ2n) is 8.19. The molecule has 0 spiro atoms. The molecular weight excluding hydrogens is 328 g/mol. The quantitative estimate of drug-likeness (QED) is 0.382. The van der Waals surface area contributed by atoms with Gasteiger partial charge in [-0.15, -0.1) is 0 Å². The minimum absolute atomic E-state index is 0.173. The molecule has 2 aliphatic carbocycles. The second kappa shape index (κ2) is 12.3. The van der Waals surface area contributed by atoms with Crippen LogP contribution in [0.15, 0.2) is 0 Å². The Kier molecular flexibility index (Phi) is 10.1. The fourth-order valence-corrected chi connectivity index (χ4v) is 4.41. The zero-order valence-electron chi connectivity index (χ0n) is 16.7. The van der Waals surface area contributed by atoms with Gasteiger partial charge >= 0.3 is 11.9 Å². The van der Waals surface area contributed by atoms with Crippen molar-refractivity contribution in [1.82, 2.24) is 0 Å². The lowest BCUT2D eigenvalue weighted by Crippen LogP contribution is -2.35. The summed E-state index contributed by atoms with van der Waals surface area (Å²) in [6.45, 7) is 3.16. The van der Waals surface area contributed by atoms with E-state index in [9.17, 15) is 9.59 Å². The van der Waals surface area contributed by atoms with Crippen LogP contribution in [0.4, 0.5) is 0 Å². The highest BCUT2D eigenvalue weighted by molar-refractivity contribution is 5.82. The first kappa shape index (κ1) is 21.2. The molecule has 0 saturated heterocycles. The zero-order chi connectivity index (χ0) is 18.6. The highest BCUT2D eigenvalue weighted by Gasteiger charge is 2.37. The summed E-state index contributed by atoms with van der Waals surface area (Å²) < 4.78 is 11.0. The van der Waals surface area contributed by atoms with Gasteiger partial charge in [0.2, 0.25) is 0 Å². The second-order valence-corrected chi connectivity index (χ2v) is 8.19. The number of esters is 2. The summed E-state index contributed by atoms with van der Waals surface area (Å²) in [6, 6.07) is 0. The Morgan fingerprint density at radius 1 is 0.731 bits per heavy atom. The van der Waals surface area contributed by atoms with Crippen molar-refractivity contribution in [3.63, 3.8) is 0 Å². The number of carbonyl (C=O) groups excluding carboxylic acids is 2. The molecule has 0 aromatic rings. The molecule has 0 aliphatic heterocycles. The van der Waals surface area contributed by atoms with E-state index in [1.807, 2.05) is 0 Å². The molecule has 2 fully saturated rings. The van der Waals surface area contributed by atoms with Crippen LogP contribution in [-0.2, 0) is 19.1 Å². The number of ether oxygens (including phenoxy) is 2. The van der Waals surface area contributed by atoms with Gasteiger partial charge in [-0.1, -0.05) is 71.1 Å². The number of hydrogen-bond donors (Lipinski definition) is 0. The van der Waals surface area contributed by atoms with Gasteiger partial charge in [-0.05, 0) is 31.6 Å². The van der Waals surface area contributed by atoms with Gasteiger partial charge in [-0.2, -0.15) is 0 Å². The first-order valence-corrected chi connectivity index (χ1v) is 11.1. The smallest absolute Gasteiger partial charge is 0.309 e. The summed E-state index contributed by atoms with van der Waals surface area (Å²) in [5.41, 5.74) is 0. The number of carbonyl (C=O) groups is 2. The standard InChI is InChI=1S/C22H38O4/c1-2-3-4-10-16-25-21(23)19-13-8-9-14-20(19)22(24)26-17-15-18-11-6-5-7-12-18/h18-20H,2-17H2,1H3. The molecule has 0 amide bonds. The topological polar surface area (TPSA) is 52.6 Å². The molecule has 4 heteroatoms. The van der Waals surface area contributed by atoms with Crippen LogP contribution in [0.1, 0.15) is 96.8 Å². The summed E-state index contributed by atoms with van der Waals surface area (Å²) in [5.74, 6) is -0.231. The van der Waals surface area contributed by atoms with Gasteiger partial charge in [0.25, 0.3) is 0 Å². The monoisotopic (exact) mass is 366 g/mol. The minimum Gasteiger partial charge on any atom is -0.465 e. The minimum atomic E-state index is -0.294. The van der Waals surface area contributed by atoms with Gasteiger partial charge in [-0.25, -0.2) is 0 Å². The van der Waals surface area contributed by atoms with E-state index < -0.39 is 0 Å². The lowest BCUT2D eigenvalue weighted by Gasteiger charge is -2.28. The van der Waals surface area contributed by atoms with Gasteiger partial charge in [0.15, 0.2) is 0 Å². The molecule has 2 rings (SSSR count). The van der Waals surface area contributed by atoms with Crippen LogP contribution in [0.25, 0.3) is 0 Å². The van der Waals surface area contributed by atoms with Crippen molar-refractivity contribution in [1.29, 1.82) is 0 Å². The Balaban J connectivity index is 1.71. The van der Waals surface area contributed by atoms with E-state index in [1.54, 1.807) is 0 Å². The first-order valence-electron chi connectivity index (χ1n) is 11.1. The molecule has 4 nitrogen and oxygen atoms in total. The molecule has 0 heterocycles. The van der Waals surface area contributed by atoms with E-state index in [0.29, 0.717) is 19.1 Å². The summed E-state index contributed by atoms with van der Waals surface area (Å²) in [6.07, 6.45) is 15.4. The summed E-state index contributed by atoms with van der Waals surface area (Å²) in [7, 11) is 0. The van der Waals surface area contributed by atoms with E-state index in [4.69, 9.17) is 9.47 Å². The first-order chi connectivity index (χ1) is 12.7. The van der Waals surface area contributed by atoms with E-state index in [1.165, 1.54) is 44.9 Å². The predicted octanol–water partition coefficient (Wildman–Crippen LogP) is 5.43. The van der Waals surface area contributed by atoms with Crippen molar-refractivity contribution in [2.45, 2.75) is 96.8 Å². The Morgan fingerprint density at radius 3 is 1.92 bits per heavy atom. The highest BCUT2D eigenvalue weighted by atomic mass is 16.5. The van der Waals surface area contributed by atoms with E-state index in [-0.39, 0.29) is 23.8 Å². The van der Waals surface area contributed by atoms with Gasteiger partial charge < -0.3 is 9.47 Å². The average Bonchev–Trinajstić information content (AvgIpc) is 2.68. The largest absolute Gasteiger partial charge is 0.465 e. The third-order valence-electron chi connectivity index (χ3n) is 6.11. The third-order valence-corrected chi connectivity index (χ3v) is 6.11. The van der Waals surface area contributed by atoms with E-state index >= 15 is 0 Å². The Labute approximate surface area is 159 Å². The average molecular weight is 367 g/mol. The third kappa shape index (κ3) is 7.28. The van der Waals surface area contributed by atoms with Crippen molar-refractivity contribution in [2.75, 3.05) is 13.2 Å². The number of unbranched alkanes of at least 4 members (excludes halogenated alkanes) is 3. The molecule has 0 aromatic carbocycles. The van der Waals surface area contributed by atoms with Crippen LogP contribution in [0, 0.1) is 17.8 Å². The van der Waals surface area contributed by atoms with Crippen LogP contribution < -0.4 is 0 Å². The molecule has 2 aliphatic rings. The summed E-state index contributed by atoms with van der Waals surface area (Å²) in [4.78, 5) is 25.0. The van der Waals surface area contributed by atoms with Crippen molar-refractivity contribution < 1.29 is 19.1 Å². The van der Waals surface area contributed by atoms with Gasteiger partial charge in [0, 0.05) is 0 Å². The molecule has 0 N–H and O–H groups in total. The van der Waals surface area contributed by atoms with Crippen molar-refractivity contribution >= 4 is 11.9 Å². The molecule has 0 bridgehead atoms. The molecule has 26 heavy (non-hydrogen) atoms. The van der Waals surface area contributed by atoms with Gasteiger partial charge in [0.05, 0.1) is 25.0 Å². The van der Waals surface area contributed by atoms with Crippen molar-refractivity contribution in [3.8, 4) is 0 Å². The summed E-state index contributed by atoms with van der Waals surface area (Å²) >= 11 is 0. The number of hydrogen-bond acceptors (Lipinski definition) is 4. The molecule has 2 atom stereocenters. The molecule has 150 valence electrons. The Hall–Kier alpha value is -1.06. The lowest BCUT2D eigenvalue weighted by atomic mass is 9.79. The molecule has 0 aromatic heterocycles. The van der Waals surface area contributed by atoms with Crippen LogP contribution in [0.3, 0.4) is 0 Å². The molecule has 2 saturated carbocycles. The highest BCUT2D eigenvalue weighted by Crippen LogP contribution is 2.32. The van der Waals surface area contributed by atoms with Crippen molar-refractivity contribution in [2.24, 2.45) is 17.8 Å². The maximum absolute atomic E-state index is 12.5. The molecular formula is C22H38O4. The van der Waals surface area contributed by atoms with Crippen molar-refractivity contribution in [3.05, 3.63) is 0 Å². The Morgan fingerprint density at radius 2 is 1.31 bits per heavy atom. The van der Waals surface area contributed by atoms with Crippen LogP contribution in [-0.4, -0.2) is 25.2 Å². The van der Waals surface area contributed by atoms with E-state index in [2.05, 4.69) is 6.92 Å². The number of rotatable bonds is 10. The van der Waals surface area contributed by atoms with E-state index in [0.717, 1.165) is 44.9 Å². The van der Waals surface area contributed by atoms with Crippen LogP contribution >= 0.6 is 0 Å². The van der Waals surface area contributed by atoms with Crippen LogP contribution in [0.5, 0.6) is 0 Å². The fourth-order valence-electron chi connectivity index (χ4n) is 4.41. The van der Waals surface area contributed by atoms with Crippen LogP contribution in [0.2, 0.25) is 0 Å². The molecule has 0 radical (unpaired) electrons. The molecule has 2 unspecified atom stereocenters. The zero-order valence-corrected chi connectivity index (χ0v) is 16.7. The maximum atomic E-state index is 12.5. The normalized spacial score (nSPS) is 24.2. The SMILES string of the molecule is CCCCCCOC(=O)C1CCCCC1C(=O)OCCC1CCCCC1. The maximum Gasteiger partial charge on any atom is 0.309 e. The fraction of sp³-hybridized carbons (Fsp3) is 0.909.